The monoisotopic (exact) mass is 388 g/mol. The summed E-state index contributed by atoms with van der Waals surface area (Å²) in [5.74, 6) is 0. The van der Waals surface area contributed by atoms with Gasteiger partial charge in [0.1, 0.15) is 4.21 Å². The van der Waals surface area contributed by atoms with Crippen LogP contribution in [0.25, 0.3) is 11.3 Å². The number of hydrogen-bond donors (Lipinski definition) is 1. The lowest BCUT2D eigenvalue weighted by molar-refractivity contribution is 0.539. The molecule has 0 saturated carbocycles. The fourth-order valence-electron chi connectivity index (χ4n) is 3.37. The van der Waals surface area contributed by atoms with Gasteiger partial charge in [-0.15, -0.1) is 11.3 Å². The Kier molecular flexibility index (Phi) is 4.88. The number of thiophene rings is 1. The van der Waals surface area contributed by atoms with Crippen molar-refractivity contribution in [2.75, 3.05) is 6.54 Å². The number of rotatable bonds is 6. The van der Waals surface area contributed by atoms with Crippen molar-refractivity contribution >= 4 is 21.4 Å². The van der Waals surface area contributed by atoms with E-state index in [4.69, 9.17) is 5.10 Å². The largest absolute Gasteiger partial charge is 0.267 e. The summed E-state index contributed by atoms with van der Waals surface area (Å²) in [5.41, 5.74) is 4.60. The number of hydrogen-bond acceptors (Lipinski definition) is 5. The van der Waals surface area contributed by atoms with Crippen molar-refractivity contribution < 1.29 is 8.42 Å². The average molecular weight is 389 g/mol. The molecule has 1 aliphatic carbocycles. The molecule has 0 unspecified atom stereocenters. The van der Waals surface area contributed by atoms with Gasteiger partial charge in [0.25, 0.3) is 0 Å². The number of pyridine rings is 1. The topological polar surface area (TPSA) is 76.9 Å². The average Bonchev–Trinajstić information content (AvgIpc) is 3.32. The zero-order valence-electron chi connectivity index (χ0n) is 14.3. The lowest BCUT2D eigenvalue weighted by Crippen LogP contribution is -2.27. The van der Waals surface area contributed by atoms with Gasteiger partial charge in [0.15, 0.2) is 0 Å². The van der Waals surface area contributed by atoms with Crippen LogP contribution in [0.3, 0.4) is 0 Å². The second-order valence-electron chi connectivity index (χ2n) is 6.27. The molecule has 1 N–H and O–H groups in total. The highest BCUT2D eigenvalue weighted by atomic mass is 32.2. The maximum atomic E-state index is 12.3. The van der Waals surface area contributed by atoms with Gasteiger partial charge in [0.2, 0.25) is 10.0 Å². The second-order valence-corrected chi connectivity index (χ2v) is 9.21. The molecule has 0 bridgehead atoms. The molecule has 0 fully saturated rings. The summed E-state index contributed by atoms with van der Waals surface area (Å²) < 4.78 is 29.5. The van der Waals surface area contributed by atoms with Crippen LogP contribution in [0, 0.1) is 0 Å². The van der Waals surface area contributed by atoms with Gasteiger partial charge in [-0.3, -0.25) is 9.67 Å². The van der Waals surface area contributed by atoms with Gasteiger partial charge in [-0.25, -0.2) is 13.1 Å². The summed E-state index contributed by atoms with van der Waals surface area (Å²) >= 11 is 1.22. The third-order valence-corrected chi connectivity index (χ3v) is 7.44. The van der Waals surface area contributed by atoms with Crippen LogP contribution in [0.2, 0.25) is 0 Å². The first-order valence-corrected chi connectivity index (χ1v) is 11.0. The smallest absolute Gasteiger partial charge is 0.250 e. The maximum Gasteiger partial charge on any atom is 0.250 e. The molecule has 1 aliphatic rings. The SMILES string of the molecule is O=S(=O)(NCCn1nc(-c2ccncc2)c2c1CCCC2)c1cccs1. The van der Waals surface area contributed by atoms with Crippen molar-refractivity contribution in [2.45, 2.75) is 36.4 Å². The summed E-state index contributed by atoms with van der Waals surface area (Å²) in [7, 11) is -3.43. The Balaban J connectivity index is 1.55. The van der Waals surface area contributed by atoms with Crippen LogP contribution >= 0.6 is 11.3 Å². The summed E-state index contributed by atoms with van der Waals surface area (Å²) in [6, 6.07) is 7.30. The van der Waals surface area contributed by atoms with E-state index in [9.17, 15) is 8.42 Å². The number of fused-ring (bicyclic) bond motifs is 1. The number of aromatic nitrogens is 3. The molecule has 0 amide bonds. The number of nitrogens with zero attached hydrogens (tertiary/aromatic N) is 3. The molecular formula is C18H20N4O2S2. The Hall–Kier alpha value is -2.03. The summed E-state index contributed by atoms with van der Waals surface area (Å²) in [5, 5.41) is 6.56. The van der Waals surface area contributed by atoms with Gasteiger partial charge < -0.3 is 0 Å². The van der Waals surface area contributed by atoms with Crippen LogP contribution in [0.5, 0.6) is 0 Å². The van der Waals surface area contributed by atoms with Crippen LogP contribution in [0.15, 0.2) is 46.2 Å². The zero-order chi connectivity index (χ0) is 18.0. The quantitative estimate of drug-likeness (QED) is 0.704. The van der Waals surface area contributed by atoms with Crippen LogP contribution in [-0.4, -0.2) is 29.7 Å². The van der Waals surface area contributed by atoms with E-state index in [0.29, 0.717) is 17.3 Å². The van der Waals surface area contributed by atoms with Crippen molar-refractivity contribution in [1.82, 2.24) is 19.5 Å². The molecule has 3 heterocycles. The minimum Gasteiger partial charge on any atom is -0.267 e. The van der Waals surface area contributed by atoms with Crippen molar-refractivity contribution in [3.05, 3.63) is 53.3 Å². The van der Waals surface area contributed by atoms with Crippen LogP contribution in [-0.2, 0) is 29.4 Å². The molecule has 3 aromatic rings. The van der Waals surface area contributed by atoms with E-state index in [1.807, 2.05) is 16.8 Å². The molecule has 6 nitrogen and oxygen atoms in total. The van der Waals surface area contributed by atoms with E-state index in [-0.39, 0.29) is 0 Å². The van der Waals surface area contributed by atoms with Gasteiger partial charge in [-0.1, -0.05) is 6.07 Å². The molecular weight excluding hydrogens is 368 g/mol. The molecule has 0 saturated heterocycles. The predicted molar refractivity (Wildman–Crippen MR) is 102 cm³/mol. The van der Waals surface area contributed by atoms with Gasteiger partial charge in [0.05, 0.1) is 12.2 Å². The van der Waals surface area contributed by atoms with Crippen molar-refractivity contribution in [2.24, 2.45) is 0 Å². The molecule has 0 aliphatic heterocycles. The van der Waals surface area contributed by atoms with E-state index in [0.717, 1.165) is 30.5 Å². The number of sulfonamides is 1. The van der Waals surface area contributed by atoms with Gasteiger partial charge in [-0.2, -0.15) is 5.10 Å². The third-order valence-electron chi connectivity index (χ3n) is 4.59. The zero-order valence-corrected chi connectivity index (χ0v) is 15.9. The molecule has 136 valence electrons. The van der Waals surface area contributed by atoms with Crippen molar-refractivity contribution in [3.8, 4) is 11.3 Å². The first-order chi connectivity index (χ1) is 12.6. The fraction of sp³-hybridized carbons (Fsp3) is 0.333. The van der Waals surface area contributed by atoms with Gasteiger partial charge in [-0.05, 0) is 49.3 Å². The van der Waals surface area contributed by atoms with E-state index < -0.39 is 10.0 Å². The first kappa shape index (κ1) is 17.4. The van der Waals surface area contributed by atoms with Crippen LogP contribution in [0.4, 0.5) is 0 Å². The molecule has 8 heteroatoms. The van der Waals surface area contributed by atoms with E-state index in [2.05, 4.69) is 9.71 Å². The summed E-state index contributed by atoms with van der Waals surface area (Å²) in [6.07, 6.45) is 7.88. The van der Waals surface area contributed by atoms with Crippen molar-refractivity contribution in [1.29, 1.82) is 0 Å². The minimum atomic E-state index is -3.43. The molecule has 26 heavy (non-hydrogen) atoms. The Morgan fingerprint density at radius 3 is 2.73 bits per heavy atom. The lowest BCUT2D eigenvalue weighted by atomic mass is 9.94. The summed E-state index contributed by atoms with van der Waals surface area (Å²) in [6.45, 7) is 0.849. The Bertz CT molecular complexity index is 980. The standard InChI is InChI=1S/C18H20N4O2S2/c23-26(24,17-6-3-13-25-17)20-11-12-22-16-5-2-1-4-15(16)18(21-22)14-7-9-19-10-8-14/h3,6-10,13,20H,1-2,4-5,11-12H2. The Morgan fingerprint density at radius 1 is 1.15 bits per heavy atom. The van der Waals surface area contributed by atoms with E-state index in [1.165, 1.54) is 29.0 Å². The van der Waals surface area contributed by atoms with Crippen LogP contribution < -0.4 is 4.72 Å². The minimum absolute atomic E-state index is 0.324. The maximum absolute atomic E-state index is 12.3. The fourth-order valence-corrected chi connectivity index (χ4v) is 5.43. The highest BCUT2D eigenvalue weighted by Crippen LogP contribution is 2.30. The molecule has 0 aromatic carbocycles. The van der Waals surface area contributed by atoms with E-state index >= 15 is 0 Å². The molecule has 0 radical (unpaired) electrons. The van der Waals surface area contributed by atoms with Crippen molar-refractivity contribution in [3.63, 3.8) is 0 Å². The number of nitrogens with one attached hydrogen (secondary N) is 1. The second kappa shape index (κ2) is 7.30. The lowest BCUT2D eigenvalue weighted by Gasteiger charge is -2.14. The predicted octanol–water partition coefficient (Wildman–Crippen LogP) is 2.86. The molecule has 3 aromatic heterocycles. The highest BCUT2D eigenvalue weighted by Gasteiger charge is 2.22. The Morgan fingerprint density at radius 2 is 1.96 bits per heavy atom. The Labute approximate surface area is 157 Å². The highest BCUT2D eigenvalue weighted by molar-refractivity contribution is 7.91. The third kappa shape index (κ3) is 3.44. The van der Waals surface area contributed by atoms with Gasteiger partial charge >= 0.3 is 0 Å². The van der Waals surface area contributed by atoms with E-state index in [1.54, 1.807) is 29.9 Å². The molecule has 4 rings (SSSR count). The van der Waals surface area contributed by atoms with Crippen LogP contribution in [0.1, 0.15) is 24.1 Å². The molecule has 0 spiro atoms. The molecule has 0 atom stereocenters. The first-order valence-electron chi connectivity index (χ1n) is 8.67. The van der Waals surface area contributed by atoms with Gasteiger partial charge in [0, 0.05) is 35.8 Å². The summed E-state index contributed by atoms with van der Waals surface area (Å²) in [4.78, 5) is 4.08. The normalized spacial score (nSPS) is 14.3.